The summed E-state index contributed by atoms with van der Waals surface area (Å²) >= 11 is 0. The molecule has 1 fully saturated rings. The topological polar surface area (TPSA) is 58.4 Å². The van der Waals surface area contributed by atoms with E-state index in [0.717, 1.165) is 26.2 Å². The van der Waals surface area contributed by atoms with E-state index in [-0.39, 0.29) is 11.9 Å². The lowest BCUT2D eigenvalue weighted by molar-refractivity contribution is -0.122. The number of carbonyl (C=O) groups excluding carboxylic acids is 1. The van der Waals surface area contributed by atoms with Crippen molar-refractivity contribution >= 4 is 5.91 Å². The van der Waals surface area contributed by atoms with Gasteiger partial charge in [-0.3, -0.25) is 4.79 Å². The van der Waals surface area contributed by atoms with E-state index in [1.54, 1.807) is 6.92 Å². The zero-order chi connectivity index (χ0) is 11.3. The fourth-order valence-electron chi connectivity index (χ4n) is 1.91. The van der Waals surface area contributed by atoms with Gasteiger partial charge in [0.2, 0.25) is 5.91 Å². The van der Waals surface area contributed by atoms with E-state index in [2.05, 4.69) is 17.1 Å². The van der Waals surface area contributed by atoms with Crippen LogP contribution < -0.4 is 11.1 Å². The molecule has 4 heteroatoms. The minimum absolute atomic E-state index is 0.0343. The Morgan fingerprint density at radius 3 is 2.60 bits per heavy atom. The van der Waals surface area contributed by atoms with Crippen molar-refractivity contribution in [3.8, 4) is 0 Å². The Hall–Kier alpha value is -0.610. The predicted octanol–water partition coefficient (Wildman–Crippen LogP) is 0.182. The van der Waals surface area contributed by atoms with E-state index < -0.39 is 0 Å². The number of nitrogens with zero attached hydrogens (tertiary/aromatic N) is 1. The Morgan fingerprint density at radius 2 is 2.13 bits per heavy atom. The third-order valence-corrected chi connectivity index (χ3v) is 3.13. The smallest absolute Gasteiger partial charge is 0.236 e. The van der Waals surface area contributed by atoms with E-state index in [0.29, 0.717) is 5.92 Å². The van der Waals surface area contributed by atoms with Crippen LogP contribution in [0.5, 0.6) is 0 Å². The molecule has 1 aliphatic rings. The van der Waals surface area contributed by atoms with Gasteiger partial charge in [0.1, 0.15) is 0 Å². The monoisotopic (exact) mass is 213 g/mol. The van der Waals surface area contributed by atoms with Gasteiger partial charge in [0.05, 0.1) is 6.04 Å². The highest BCUT2D eigenvalue weighted by Gasteiger charge is 2.18. The van der Waals surface area contributed by atoms with Crippen molar-refractivity contribution in [3.63, 3.8) is 0 Å². The minimum atomic E-state index is -0.388. The van der Waals surface area contributed by atoms with Crippen LogP contribution in [0.3, 0.4) is 0 Å². The molecule has 0 aromatic rings. The second-order valence-corrected chi connectivity index (χ2v) is 4.41. The lowest BCUT2D eigenvalue weighted by atomic mass is 9.97. The first-order valence-electron chi connectivity index (χ1n) is 5.89. The standard InChI is InChI=1S/C11H23N3O/c1-3-14-6-4-10(5-7-14)8-13-11(15)9(2)12/h9-10H,3-8,12H2,1-2H3,(H,13,15). The number of amides is 1. The SMILES string of the molecule is CCN1CCC(CNC(=O)C(C)N)CC1. The number of hydrogen-bond donors (Lipinski definition) is 2. The molecule has 0 bridgehead atoms. The van der Waals surface area contributed by atoms with Crippen molar-refractivity contribution in [2.24, 2.45) is 11.7 Å². The first-order valence-corrected chi connectivity index (χ1v) is 5.89. The molecule has 0 saturated carbocycles. The lowest BCUT2D eigenvalue weighted by Crippen LogP contribution is -2.43. The van der Waals surface area contributed by atoms with Crippen LogP contribution in [0, 0.1) is 5.92 Å². The van der Waals surface area contributed by atoms with Crippen molar-refractivity contribution < 1.29 is 4.79 Å². The fraction of sp³-hybridized carbons (Fsp3) is 0.909. The molecule has 88 valence electrons. The molecule has 1 aliphatic heterocycles. The summed E-state index contributed by atoms with van der Waals surface area (Å²) in [6, 6.07) is -0.388. The molecule has 1 heterocycles. The number of nitrogens with one attached hydrogen (secondary N) is 1. The van der Waals surface area contributed by atoms with E-state index in [1.807, 2.05) is 0 Å². The van der Waals surface area contributed by atoms with Gasteiger partial charge >= 0.3 is 0 Å². The van der Waals surface area contributed by atoms with Gasteiger partial charge in [0, 0.05) is 6.54 Å². The van der Waals surface area contributed by atoms with E-state index in [4.69, 9.17) is 5.73 Å². The molecule has 1 saturated heterocycles. The number of carbonyl (C=O) groups is 1. The van der Waals surface area contributed by atoms with E-state index >= 15 is 0 Å². The second-order valence-electron chi connectivity index (χ2n) is 4.41. The largest absolute Gasteiger partial charge is 0.354 e. The van der Waals surface area contributed by atoms with Gasteiger partial charge in [-0.2, -0.15) is 0 Å². The second kappa shape index (κ2) is 6.08. The molecule has 0 radical (unpaired) electrons. The van der Waals surface area contributed by atoms with Crippen molar-refractivity contribution in [1.82, 2.24) is 10.2 Å². The van der Waals surface area contributed by atoms with Gasteiger partial charge in [-0.05, 0) is 45.3 Å². The normalized spacial score (nSPS) is 21.3. The first kappa shape index (κ1) is 12.5. The summed E-state index contributed by atoms with van der Waals surface area (Å²) in [5.74, 6) is 0.600. The molecule has 0 aromatic heterocycles. The lowest BCUT2D eigenvalue weighted by Gasteiger charge is -2.31. The quantitative estimate of drug-likeness (QED) is 0.700. The van der Waals surface area contributed by atoms with Crippen LogP contribution in [0.25, 0.3) is 0 Å². The summed E-state index contributed by atoms with van der Waals surface area (Å²) in [7, 11) is 0. The Bertz CT molecular complexity index is 198. The van der Waals surface area contributed by atoms with Gasteiger partial charge in [-0.25, -0.2) is 0 Å². The van der Waals surface area contributed by atoms with Crippen LogP contribution in [0.4, 0.5) is 0 Å². The van der Waals surface area contributed by atoms with Crippen LogP contribution in [-0.4, -0.2) is 43.0 Å². The van der Waals surface area contributed by atoms with Crippen LogP contribution in [0.15, 0.2) is 0 Å². The number of rotatable bonds is 4. The molecular formula is C11H23N3O. The molecule has 1 rings (SSSR count). The molecular weight excluding hydrogens is 190 g/mol. The highest BCUT2D eigenvalue weighted by molar-refractivity contribution is 5.80. The zero-order valence-electron chi connectivity index (χ0n) is 9.83. The van der Waals surface area contributed by atoms with Gasteiger partial charge in [-0.1, -0.05) is 6.92 Å². The summed E-state index contributed by atoms with van der Waals surface area (Å²) in [5.41, 5.74) is 5.47. The van der Waals surface area contributed by atoms with E-state index in [1.165, 1.54) is 12.8 Å². The molecule has 4 nitrogen and oxygen atoms in total. The Labute approximate surface area is 92.2 Å². The van der Waals surface area contributed by atoms with Gasteiger partial charge in [0.25, 0.3) is 0 Å². The van der Waals surface area contributed by atoms with Crippen molar-refractivity contribution in [2.75, 3.05) is 26.2 Å². The average molecular weight is 213 g/mol. The number of nitrogens with two attached hydrogens (primary N) is 1. The predicted molar refractivity (Wildman–Crippen MR) is 61.5 cm³/mol. The van der Waals surface area contributed by atoms with Crippen molar-refractivity contribution in [2.45, 2.75) is 32.7 Å². The van der Waals surface area contributed by atoms with Crippen molar-refractivity contribution in [1.29, 1.82) is 0 Å². The molecule has 3 N–H and O–H groups in total. The maximum atomic E-state index is 11.3. The molecule has 1 amide bonds. The summed E-state index contributed by atoms with van der Waals surface area (Å²) in [6.45, 7) is 8.16. The van der Waals surface area contributed by atoms with Crippen LogP contribution in [0.1, 0.15) is 26.7 Å². The molecule has 0 spiro atoms. The summed E-state index contributed by atoms with van der Waals surface area (Å²) in [6.07, 6.45) is 2.38. The molecule has 1 unspecified atom stereocenters. The van der Waals surface area contributed by atoms with E-state index in [9.17, 15) is 4.79 Å². The van der Waals surface area contributed by atoms with Gasteiger partial charge in [0.15, 0.2) is 0 Å². The summed E-state index contributed by atoms with van der Waals surface area (Å²) in [4.78, 5) is 13.7. The number of likely N-dealkylation sites (tertiary alicyclic amines) is 1. The number of piperidine rings is 1. The highest BCUT2D eigenvalue weighted by atomic mass is 16.2. The summed E-state index contributed by atoms with van der Waals surface area (Å²) in [5, 5.41) is 2.90. The molecule has 0 aromatic carbocycles. The number of hydrogen-bond acceptors (Lipinski definition) is 3. The van der Waals surface area contributed by atoms with Gasteiger partial charge < -0.3 is 16.0 Å². The Kier molecular flexibility index (Phi) is 5.05. The third-order valence-electron chi connectivity index (χ3n) is 3.13. The molecule has 1 atom stereocenters. The highest BCUT2D eigenvalue weighted by Crippen LogP contribution is 2.15. The molecule has 15 heavy (non-hydrogen) atoms. The molecule has 0 aliphatic carbocycles. The van der Waals surface area contributed by atoms with Gasteiger partial charge in [-0.15, -0.1) is 0 Å². The Balaban J connectivity index is 2.16. The van der Waals surface area contributed by atoms with Crippen molar-refractivity contribution in [3.05, 3.63) is 0 Å². The van der Waals surface area contributed by atoms with Crippen LogP contribution in [0.2, 0.25) is 0 Å². The fourth-order valence-corrected chi connectivity index (χ4v) is 1.91. The third kappa shape index (κ3) is 4.18. The minimum Gasteiger partial charge on any atom is -0.354 e. The summed E-state index contributed by atoms with van der Waals surface area (Å²) < 4.78 is 0. The first-order chi connectivity index (χ1) is 7.13. The van der Waals surface area contributed by atoms with Crippen LogP contribution >= 0.6 is 0 Å². The van der Waals surface area contributed by atoms with Crippen LogP contribution in [-0.2, 0) is 4.79 Å². The maximum absolute atomic E-state index is 11.3. The maximum Gasteiger partial charge on any atom is 0.236 e. The average Bonchev–Trinajstić information content (AvgIpc) is 2.26. The Morgan fingerprint density at radius 1 is 1.53 bits per heavy atom. The zero-order valence-corrected chi connectivity index (χ0v) is 9.83.